The summed E-state index contributed by atoms with van der Waals surface area (Å²) in [5.41, 5.74) is 5.20. The third-order valence-corrected chi connectivity index (χ3v) is 6.49. The van der Waals surface area contributed by atoms with Crippen LogP contribution in [-0.4, -0.2) is 20.6 Å². The molecule has 1 aliphatic rings. The molecule has 162 valence electrons. The van der Waals surface area contributed by atoms with Crippen LogP contribution in [-0.2, 0) is 4.79 Å². The molecule has 0 saturated carbocycles. The molecule has 1 amide bonds. The van der Waals surface area contributed by atoms with Gasteiger partial charge in [0.1, 0.15) is 0 Å². The van der Waals surface area contributed by atoms with Gasteiger partial charge in [-0.25, -0.2) is 4.99 Å². The first-order valence-electron chi connectivity index (χ1n) is 9.72. The Labute approximate surface area is 197 Å². The summed E-state index contributed by atoms with van der Waals surface area (Å²) in [6.45, 7) is 5.82. The highest BCUT2D eigenvalue weighted by Crippen LogP contribution is 2.32. The largest absolute Gasteiger partial charge is 0.318 e. The molecular weight excluding hydrogens is 492 g/mol. The highest BCUT2D eigenvalue weighted by molar-refractivity contribution is 9.10. The van der Waals surface area contributed by atoms with Crippen LogP contribution in [0.5, 0.6) is 0 Å². The number of aromatic nitrogens is 1. The number of non-ortho nitro benzene ring substituents is 1. The number of carbonyl (C=O) groups excluding carboxylic acids is 1. The van der Waals surface area contributed by atoms with E-state index in [0.29, 0.717) is 15.8 Å². The summed E-state index contributed by atoms with van der Waals surface area (Å²) in [5.74, 6) is -0.205. The number of hydrogen-bond acceptors (Lipinski definition) is 5. The van der Waals surface area contributed by atoms with E-state index in [1.165, 1.54) is 17.8 Å². The van der Waals surface area contributed by atoms with Gasteiger partial charge in [0.25, 0.3) is 11.6 Å². The van der Waals surface area contributed by atoms with E-state index in [-0.39, 0.29) is 11.6 Å². The van der Waals surface area contributed by atoms with Crippen molar-refractivity contribution in [1.82, 2.24) is 9.88 Å². The van der Waals surface area contributed by atoms with E-state index in [2.05, 4.69) is 26.2 Å². The van der Waals surface area contributed by atoms with Crippen LogP contribution in [0, 0.1) is 30.9 Å². The van der Waals surface area contributed by atoms with E-state index < -0.39 is 4.92 Å². The van der Waals surface area contributed by atoms with Gasteiger partial charge in [0.2, 0.25) is 0 Å². The van der Waals surface area contributed by atoms with Gasteiger partial charge in [-0.1, -0.05) is 22.0 Å². The van der Waals surface area contributed by atoms with Crippen molar-refractivity contribution in [3.63, 3.8) is 0 Å². The van der Waals surface area contributed by atoms with Gasteiger partial charge in [-0.2, -0.15) is 0 Å². The molecule has 9 heteroatoms. The fourth-order valence-electron chi connectivity index (χ4n) is 3.55. The molecule has 0 spiro atoms. The predicted molar refractivity (Wildman–Crippen MR) is 132 cm³/mol. The van der Waals surface area contributed by atoms with Crippen LogP contribution in [0.1, 0.15) is 22.5 Å². The molecule has 1 fully saturated rings. The van der Waals surface area contributed by atoms with Crippen molar-refractivity contribution in [1.29, 1.82) is 0 Å². The molecule has 0 bridgehead atoms. The molecule has 2 aromatic carbocycles. The molecule has 4 rings (SSSR count). The van der Waals surface area contributed by atoms with Gasteiger partial charge in [-0.3, -0.25) is 14.9 Å². The highest BCUT2D eigenvalue weighted by atomic mass is 79.9. The number of thioether (sulfide) groups is 1. The zero-order valence-corrected chi connectivity index (χ0v) is 20.0. The molecule has 1 aliphatic heterocycles. The van der Waals surface area contributed by atoms with Gasteiger partial charge < -0.3 is 9.88 Å². The predicted octanol–water partition coefficient (Wildman–Crippen LogP) is 5.96. The van der Waals surface area contributed by atoms with Crippen LogP contribution >= 0.6 is 27.7 Å². The first kappa shape index (κ1) is 22.0. The van der Waals surface area contributed by atoms with Gasteiger partial charge in [-0.15, -0.1) is 0 Å². The minimum Gasteiger partial charge on any atom is -0.318 e. The lowest BCUT2D eigenvalue weighted by Crippen LogP contribution is -2.19. The SMILES string of the molecule is Cc1cc(Br)ccc1N=C1NC(=O)/C(=C/c2cc(C)n(-c3cccc([N+](=O)[O-])c3)c2C)S1. The number of nitrogens with one attached hydrogen (secondary N) is 1. The number of amides is 1. The molecule has 0 aliphatic carbocycles. The minimum atomic E-state index is -0.409. The summed E-state index contributed by atoms with van der Waals surface area (Å²) < 4.78 is 2.92. The Balaban J connectivity index is 1.65. The van der Waals surface area contributed by atoms with Crippen LogP contribution in [0.25, 0.3) is 11.8 Å². The second-order valence-corrected chi connectivity index (χ2v) is 9.30. The Morgan fingerprint density at radius 1 is 1.16 bits per heavy atom. The maximum Gasteiger partial charge on any atom is 0.271 e. The van der Waals surface area contributed by atoms with Gasteiger partial charge in [0.15, 0.2) is 5.17 Å². The van der Waals surface area contributed by atoms with E-state index in [4.69, 9.17) is 0 Å². The number of carbonyl (C=O) groups is 1. The molecule has 7 nitrogen and oxygen atoms in total. The molecule has 2 heterocycles. The summed E-state index contributed by atoms with van der Waals surface area (Å²) in [7, 11) is 0. The van der Waals surface area contributed by atoms with Gasteiger partial charge in [0.05, 0.1) is 21.2 Å². The van der Waals surface area contributed by atoms with Crippen LogP contribution in [0.4, 0.5) is 11.4 Å². The van der Waals surface area contributed by atoms with E-state index >= 15 is 0 Å². The molecule has 1 saturated heterocycles. The van der Waals surface area contributed by atoms with Gasteiger partial charge >= 0.3 is 0 Å². The Hall–Kier alpha value is -3.17. The van der Waals surface area contributed by atoms with E-state index in [1.54, 1.807) is 12.1 Å². The van der Waals surface area contributed by atoms with Crippen LogP contribution in [0.15, 0.2) is 62.9 Å². The second kappa shape index (κ2) is 8.76. The molecular formula is C23H19BrN4O3S. The number of nitrogens with zero attached hydrogens (tertiary/aromatic N) is 3. The zero-order chi connectivity index (χ0) is 23.0. The fraction of sp³-hybridized carbons (Fsp3) is 0.130. The van der Waals surface area contributed by atoms with Gasteiger partial charge in [-0.05, 0) is 80.1 Å². The van der Waals surface area contributed by atoms with Gasteiger partial charge in [0, 0.05) is 28.0 Å². The zero-order valence-electron chi connectivity index (χ0n) is 17.5. The summed E-state index contributed by atoms with van der Waals surface area (Å²) >= 11 is 4.73. The molecule has 0 unspecified atom stereocenters. The van der Waals surface area contributed by atoms with Crippen LogP contribution < -0.4 is 5.32 Å². The standard InChI is InChI=1S/C23H19BrN4O3S/c1-13-9-17(24)7-8-20(13)25-23-26-22(29)21(32-23)11-16-10-14(2)27(15(16)3)18-5-4-6-19(12-18)28(30)31/h4-12H,1-3H3,(H,25,26,29)/b21-11-. The molecule has 3 aromatic rings. The van der Waals surface area contributed by atoms with Crippen molar-refractivity contribution < 1.29 is 9.72 Å². The van der Waals surface area contributed by atoms with Crippen molar-refractivity contribution in [2.24, 2.45) is 4.99 Å². The summed E-state index contributed by atoms with van der Waals surface area (Å²) in [5, 5.41) is 14.5. The maximum absolute atomic E-state index is 12.5. The second-order valence-electron chi connectivity index (χ2n) is 7.35. The lowest BCUT2D eigenvalue weighted by molar-refractivity contribution is -0.384. The monoisotopic (exact) mass is 510 g/mol. The molecule has 32 heavy (non-hydrogen) atoms. The Bertz CT molecular complexity index is 1330. The summed E-state index contributed by atoms with van der Waals surface area (Å²) in [6.07, 6.45) is 1.83. The molecule has 0 radical (unpaired) electrons. The van der Waals surface area contributed by atoms with Crippen LogP contribution in [0.2, 0.25) is 0 Å². The number of aryl methyl sites for hydroxylation is 2. The number of amidine groups is 1. The van der Waals surface area contributed by atoms with Crippen molar-refractivity contribution in [2.75, 3.05) is 0 Å². The maximum atomic E-state index is 12.5. The minimum absolute atomic E-state index is 0.0321. The Kier molecular flexibility index (Phi) is 6.03. The summed E-state index contributed by atoms with van der Waals surface area (Å²) in [6, 6.07) is 14.2. The Morgan fingerprint density at radius 3 is 2.66 bits per heavy atom. The normalized spacial score (nSPS) is 16.1. The first-order valence-corrected chi connectivity index (χ1v) is 11.3. The number of nitro benzene ring substituents is 1. The third kappa shape index (κ3) is 4.39. The smallest absolute Gasteiger partial charge is 0.271 e. The Morgan fingerprint density at radius 2 is 1.94 bits per heavy atom. The van der Waals surface area contributed by atoms with Crippen LogP contribution in [0.3, 0.4) is 0 Å². The van der Waals surface area contributed by atoms with Crippen molar-refractivity contribution in [3.05, 3.63) is 90.5 Å². The van der Waals surface area contributed by atoms with Crippen molar-refractivity contribution in [2.45, 2.75) is 20.8 Å². The van der Waals surface area contributed by atoms with Crippen molar-refractivity contribution >= 4 is 56.2 Å². The topological polar surface area (TPSA) is 89.5 Å². The number of rotatable bonds is 4. The highest BCUT2D eigenvalue weighted by Gasteiger charge is 2.25. The first-order chi connectivity index (χ1) is 15.2. The fourth-order valence-corrected chi connectivity index (χ4v) is 4.85. The number of halogens is 1. The lowest BCUT2D eigenvalue weighted by atomic mass is 10.2. The van der Waals surface area contributed by atoms with E-state index in [9.17, 15) is 14.9 Å². The average Bonchev–Trinajstić information content (AvgIpc) is 3.22. The summed E-state index contributed by atoms with van der Waals surface area (Å²) in [4.78, 5) is 28.4. The van der Waals surface area contributed by atoms with E-state index in [0.717, 1.165) is 32.7 Å². The molecule has 1 N–H and O–H groups in total. The number of benzene rings is 2. The number of aliphatic imine (C=N–C) groups is 1. The number of nitro groups is 1. The molecule has 0 atom stereocenters. The number of hydrogen-bond donors (Lipinski definition) is 1. The van der Waals surface area contributed by atoms with E-state index in [1.807, 2.05) is 61.7 Å². The third-order valence-electron chi connectivity index (χ3n) is 5.09. The molecule has 1 aromatic heterocycles. The lowest BCUT2D eigenvalue weighted by Gasteiger charge is -2.09. The average molecular weight is 511 g/mol. The quantitative estimate of drug-likeness (QED) is 0.266. The van der Waals surface area contributed by atoms with Crippen molar-refractivity contribution in [3.8, 4) is 5.69 Å².